The number of nitrogens with zero attached hydrogens (tertiary/aromatic N) is 1. The van der Waals surface area contributed by atoms with Crippen LogP contribution in [0.1, 0.15) is 18.1 Å². The van der Waals surface area contributed by atoms with Gasteiger partial charge in [0.1, 0.15) is 5.75 Å². The van der Waals surface area contributed by atoms with Crippen LogP contribution in [0.4, 0.5) is 0 Å². The number of carboxylic acid groups (broad SMARTS) is 1. The summed E-state index contributed by atoms with van der Waals surface area (Å²) in [5.41, 5.74) is 1.69. The van der Waals surface area contributed by atoms with Crippen LogP contribution in [0, 0.1) is 0 Å². The Kier molecular flexibility index (Phi) is 3.51. The average molecular weight is 285 g/mol. The molecule has 1 heterocycles. The fourth-order valence-corrected chi connectivity index (χ4v) is 3.45. The van der Waals surface area contributed by atoms with E-state index >= 15 is 0 Å². The lowest BCUT2D eigenvalue weighted by atomic mass is 10.0. The van der Waals surface area contributed by atoms with Gasteiger partial charge in [0, 0.05) is 13.1 Å². The molecule has 1 aliphatic heterocycles. The van der Waals surface area contributed by atoms with E-state index in [0.29, 0.717) is 12.0 Å². The van der Waals surface area contributed by atoms with E-state index in [-0.39, 0.29) is 18.8 Å². The van der Waals surface area contributed by atoms with Crippen LogP contribution in [0.2, 0.25) is 0 Å². The number of carboxylic acids is 1. The Morgan fingerprint density at radius 3 is 2.68 bits per heavy atom. The summed E-state index contributed by atoms with van der Waals surface area (Å²) < 4.78 is 25.4. The number of aromatic hydroxyl groups is 1. The molecule has 104 valence electrons. The molecule has 0 bridgehead atoms. The zero-order valence-electron chi connectivity index (χ0n) is 10.4. The minimum Gasteiger partial charge on any atom is -0.508 e. The molecule has 7 heteroatoms. The summed E-state index contributed by atoms with van der Waals surface area (Å²) in [6, 6.07) is 4.83. The van der Waals surface area contributed by atoms with Gasteiger partial charge in [-0.15, -0.1) is 0 Å². The van der Waals surface area contributed by atoms with Crippen molar-refractivity contribution in [3.05, 3.63) is 29.3 Å². The van der Waals surface area contributed by atoms with Gasteiger partial charge in [-0.25, -0.2) is 8.42 Å². The van der Waals surface area contributed by atoms with E-state index in [2.05, 4.69) is 0 Å². The van der Waals surface area contributed by atoms with Crippen LogP contribution in [0.3, 0.4) is 0 Å². The molecule has 0 aromatic heterocycles. The smallest absolute Gasteiger partial charge is 0.323 e. The third kappa shape index (κ3) is 2.57. The first kappa shape index (κ1) is 13.8. The highest BCUT2D eigenvalue weighted by molar-refractivity contribution is 7.90. The number of carbonyl (C=O) groups is 1. The first-order valence-corrected chi connectivity index (χ1v) is 7.35. The molecular weight excluding hydrogens is 270 g/mol. The molecule has 0 fully saturated rings. The molecule has 6 nitrogen and oxygen atoms in total. The van der Waals surface area contributed by atoms with Crippen molar-refractivity contribution in [2.75, 3.05) is 6.54 Å². The lowest BCUT2D eigenvalue weighted by Gasteiger charge is -2.29. The number of phenols is 1. The number of benzene rings is 1. The standard InChI is InChI=1S/C12H15NO5S/c1-8(12(15)16)19(17,18)13-5-4-9-2-3-11(14)6-10(9)7-13/h2-3,6,8,14H,4-5,7H2,1H3,(H,15,16). The SMILES string of the molecule is CC(C(=O)O)S(=O)(=O)N1CCc2ccc(O)cc2C1. The third-order valence-corrected chi connectivity index (χ3v) is 5.45. The van der Waals surface area contributed by atoms with Gasteiger partial charge in [0.15, 0.2) is 5.25 Å². The maximum absolute atomic E-state index is 12.1. The van der Waals surface area contributed by atoms with E-state index in [4.69, 9.17) is 5.11 Å². The molecule has 1 aromatic carbocycles. The Labute approximate surface area is 111 Å². The minimum absolute atomic E-state index is 0.0734. The van der Waals surface area contributed by atoms with Crippen LogP contribution in [-0.2, 0) is 27.8 Å². The number of phenolic OH excluding ortho intramolecular Hbond substituents is 1. The van der Waals surface area contributed by atoms with Gasteiger partial charge in [-0.05, 0) is 36.6 Å². The second-order valence-corrected chi connectivity index (χ2v) is 6.82. The largest absolute Gasteiger partial charge is 0.508 e. The highest BCUT2D eigenvalue weighted by Gasteiger charge is 2.35. The van der Waals surface area contributed by atoms with E-state index in [9.17, 15) is 18.3 Å². The normalized spacial score (nSPS) is 17.7. The lowest BCUT2D eigenvalue weighted by molar-refractivity contribution is -0.136. The fourth-order valence-electron chi connectivity index (χ4n) is 2.09. The molecule has 1 atom stereocenters. The van der Waals surface area contributed by atoms with E-state index in [1.54, 1.807) is 12.1 Å². The molecule has 1 aromatic rings. The van der Waals surface area contributed by atoms with Gasteiger partial charge in [-0.2, -0.15) is 4.31 Å². The van der Waals surface area contributed by atoms with Crippen LogP contribution >= 0.6 is 0 Å². The van der Waals surface area contributed by atoms with Crippen molar-refractivity contribution >= 4 is 16.0 Å². The molecule has 1 aliphatic rings. The summed E-state index contributed by atoms with van der Waals surface area (Å²) in [5.74, 6) is -1.29. The molecule has 19 heavy (non-hydrogen) atoms. The maximum Gasteiger partial charge on any atom is 0.323 e. The molecule has 0 spiro atoms. The number of hydrogen-bond acceptors (Lipinski definition) is 4. The molecule has 0 aliphatic carbocycles. The van der Waals surface area contributed by atoms with Crippen LogP contribution < -0.4 is 0 Å². The van der Waals surface area contributed by atoms with Gasteiger partial charge in [0.2, 0.25) is 10.0 Å². The minimum atomic E-state index is -3.86. The summed E-state index contributed by atoms with van der Waals surface area (Å²) in [5, 5.41) is 16.8. The quantitative estimate of drug-likeness (QED) is 0.846. The number of fused-ring (bicyclic) bond motifs is 1. The van der Waals surface area contributed by atoms with Crippen molar-refractivity contribution in [1.29, 1.82) is 0 Å². The van der Waals surface area contributed by atoms with Crippen molar-refractivity contribution in [3.8, 4) is 5.75 Å². The number of hydrogen-bond donors (Lipinski definition) is 2. The van der Waals surface area contributed by atoms with Gasteiger partial charge in [-0.3, -0.25) is 4.79 Å². The van der Waals surface area contributed by atoms with Crippen molar-refractivity contribution in [2.24, 2.45) is 0 Å². The molecular formula is C12H15NO5S. The Morgan fingerprint density at radius 2 is 2.05 bits per heavy atom. The second-order valence-electron chi connectivity index (χ2n) is 4.56. The van der Waals surface area contributed by atoms with Gasteiger partial charge < -0.3 is 10.2 Å². The fraction of sp³-hybridized carbons (Fsp3) is 0.417. The van der Waals surface area contributed by atoms with E-state index < -0.39 is 21.2 Å². The topological polar surface area (TPSA) is 94.9 Å². The molecule has 1 unspecified atom stereocenters. The highest BCUT2D eigenvalue weighted by Crippen LogP contribution is 2.25. The van der Waals surface area contributed by atoms with Crippen LogP contribution in [0.25, 0.3) is 0 Å². The van der Waals surface area contributed by atoms with Gasteiger partial charge in [0.25, 0.3) is 0 Å². The Balaban J connectivity index is 2.29. The van der Waals surface area contributed by atoms with Crippen molar-refractivity contribution in [1.82, 2.24) is 4.31 Å². The highest BCUT2D eigenvalue weighted by atomic mass is 32.2. The average Bonchev–Trinajstić information content (AvgIpc) is 2.36. The molecule has 0 saturated heterocycles. The Morgan fingerprint density at radius 1 is 1.37 bits per heavy atom. The second kappa shape index (κ2) is 4.82. The zero-order valence-corrected chi connectivity index (χ0v) is 11.2. The molecule has 0 amide bonds. The first-order chi connectivity index (χ1) is 8.82. The summed E-state index contributed by atoms with van der Waals surface area (Å²) in [6.45, 7) is 1.52. The van der Waals surface area contributed by atoms with E-state index in [0.717, 1.165) is 16.8 Å². The summed E-state index contributed by atoms with van der Waals surface area (Å²) in [6.07, 6.45) is 0.515. The zero-order chi connectivity index (χ0) is 14.2. The monoisotopic (exact) mass is 285 g/mol. The third-order valence-electron chi connectivity index (χ3n) is 3.32. The van der Waals surface area contributed by atoms with Crippen LogP contribution in [-0.4, -0.2) is 40.7 Å². The number of sulfonamides is 1. The van der Waals surface area contributed by atoms with Crippen LogP contribution in [0.5, 0.6) is 5.75 Å². The molecule has 2 rings (SSSR count). The predicted octanol–water partition coefficient (Wildman–Crippen LogP) is 0.553. The van der Waals surface area contributed by atoms with E-state index in [1.807, 2.05) is 0 Å². The molecule has 0 saturated carbocycles. The number of rotatable bonds is 3. The van der Waals surface area contributed by atoms with Gasteiger partial charge in [0.05, 0.1) is 0 Å². The molecule has 2 N–H and O–H groups in total. The summed E-state index contributed by atoms with van der Waals surface area (Å²) >= 11 is 0. The van der Waals surface area contributed by atoms with Gasteiger partial charge >= 0.3 is 5.97 Å². The lowest BCUT2D eigenvalue weighted by Crippen LogP contribution is -2.43. The van der Waals surface area contributed by atoms with Crippen molar-refractivity contribution in [2.45, 2.75) is 25.1 Å². The summed E-state index contributed by atoms with van der Waals surface area (Å²) in [7, 11) is -3.86. The molecule has 0 radical (unpaired) electrons. The first-order valence-electron chi connectivity index (χ1n) is 5.85. The predicted molar refractivity (Wildman–Crippen MR) is 68.2 cm³/mol. The van der Waals surface area contributed by atoms with Crippen molar-refractivity contribution in [3.63, 3.8) is 0 Å². The summed E-state index contributed by atoms with van der Waals surface area (Å²) in [4.78, 5) is 10.8. The van der Waals surface area contributed by atoms with E-state index in [1.165, 1.54) is 6.07 Å². The Bertz CT molecular complexity index is 611. The Hall–Kier alpha value is -1.60. The maximum atomic E-state index is 12.1. The number of aliphatic carboxylic acids is 1. The van der Waals surface area contributed by atoms with Gasteiger partial charge in [-0.1, -0.05) is 6.07 Å². The van der Waals surface area contributed by atoms with Crippen molar-refractivity contribution < 1.29 is 23.4 Å². The van der Waals surface area contributed by atoms with Crippen LogP contribution in [0.15, 0.2) is 18.2 Å².